The third kappa shape index (κ3) is 1.58. The number of aromatic nitrogens is 1. The van der Waals surface area contributed by atoms with Crippen LogP contribution in [0.15, 0.2) is 12.3 Å². The number of carbonyl (C=O) groups is 1. The Labute approximate surface area is 73.0 Å². The van der Waals surface area contributed by atoms with E-state index in [1.54, 1.807) is 0 Å². The first-order chi connectivity index (χ1) is 5.66. The molecule has 1 aromatic rings. The Morgan fingerprint density at radius 3 is 2.75 bits per heavy atom. The molecule has 0 bridgehead atoms. The Bertz CT molecular complexity index is 275. The number of aromatic amines is 1. The van der Waals surface area contributed by atoms with E-state index in [-0.39, 0.29) is 11.7 Å². The molecule has 0 spiro atoms. The number of rotatable bonds is 3. The first kappa shape index (κ1) is 9.04. The Hall–Kier alpha value is -1.05. The van der Waals surface area contributed by atoms with Gasteiger partial charge in [0.05, 0.1) is 5.69 Å². The predicted molar refractivity (Wildman–Crippen MR) is 49.3 cm³/mol. The van der Waals surface area contributed by atoms with E-state index in [2.05, 4.69) is 4.98 Å². The zero-order valence-electron chi connectivity index (χ0n) is 7.85. The third-order valence-corrected chi connectivity index (χ3v) is 2.26. The number of Topliss-reactive ketones (excluding diaryl/α,β-unsaturated/α-hetero) is 1. The molecule has 1 N–H and O–H groups in total. The first-order valence-corrected chi connectivity index (χ1v) is 4.35. The second-order valence-electron chi connectivity index (χ2n) is 3.21. The van der Waals surface area contributed by atoms with Crippen LogP contribution in [0.1, 0.15) is 36.3 Å². The summed E-state index contributed by atoms with van der Waals surface area (Å²) in [6.45, 7) is 5.94. The van der Waals surface area contributed by atoms with Crippen molar-refractivity contribution in [3.05, 3.63) is 23.5 Å². The summed E-state index contributed by atoms with van der Waals surface area (Å²) >= 11 is 0. The number of H-pyrrole nitrogens is 1. The molecule has 66 valence electrons. The van der Waals surface area contributed by atoms with E-state index in [9.17, 15) is 4.79 Å². The lowest BCUT2D eigenvalue weighted by molar-refractivity contribution is 0.0922. The average molecular weight is 165 g/mol. The van der Waals surface area contributed by atoms with Crippen LogP contribution in [0.5, 0.6) is 0 Å². The zero-order valence-corrected chi connectivity index (χ0v) is 7.85. The summed E-state index contributed by atoms with van der Waals surface area (Å²) < 4.78 is 0. The molecular formula is C10H15NO. The first-order valence-electron chi connectivity index (χ1n) is 4.35. The fraction of sp³-hybridized carbons (Fsp3) is 0.500. The molecule has 1 heterocycles. The summed E-state index contributed by atoms with van der Waals surface area (Å²) in [6.07, 6.45) is 2.71. The molecular weight excluding hydrogens is 150 g/mol. The van der Waals surface area contributed by atoms with Gasteiger partial charge in [0.2, 0.25) is 0 Å². The highest BCUT2D eigenvalue weighted by Crippen LogP contribution is 2.13. The smallest absolute Gasteiger partial charge is 0.182 e. The van der Waals surface area contributed by atoms with Gasteiger partial charge in [0, 0.05) is 12.1 Å². The van der Waals surface area contributed by atoms with E-state index < -0.39 is 0 Å². The number of hydrogen-bond acceptors (Lipinski definition) is 1. The quantitative estimate of drug-likeness (QED) is 0.686. The number of carbonyl (C=O) groups excluding carboxylic acids is 1. The lowest BCUT2D eigenvalue weighted by Gasteiger charge is -2.05. The molecule has 0 fully saturated rings. The highest BCUT2D eigenvalue weighted by molar-refractivity contribution is 5.97. The molecule has 0 saturated carbocycles. The van der Waals surface area contributed by atoms with E-state index in [1.807, 2.05) is 33.0 Å². The van der Waals surface area contributed by atoms with Gasteiger partial charge < -0.3 is 4.98 Å². The molecule has 0 aliphatic carbocycles. The SMILES string of the molecule is CCC(C)C(=O)c1[nH]ccc1C. The average Bonchev–Trinajstić information content (AvgIpc) is 2.48. The molecule has 0 saturated heterocycles. The summed E-state index contributed by atoms with van der Waals surface area (Å²) in [5.41, 5.74) is 1.81. The van der Waals surface area contributed by atoms with Crippen LogP contribution >= 0.6 is 0 Å². The molecule has 0 aliphatic rings. The molecule has 1 atom stereocenters. The van der Waals surface area contributed by atoms with Crippen molar-refractivity contribution in [3.8, 4) is 0 Å². The summed E-state index contributed by atoms with van der Waals surface area (Å²) in [5.74, 6) is 0.349. The summed E-state index contributed by atoms with van der Waals surface area (Å²) in [7, 11) is 0. The van der Waals surface area contributed by atoms with Crippen LogP contribution in [-0.2, 0) is 0 Å². The topological polar surface area (TPSA) is 32.9 Å². The molecule has 1 rings (SSSR count). The molecule has 12 heavy (non-hydrogen) atoms. The van der Waals surface area contributed by atoms with Gasteiger partial charge in [0.25, 0.3) is 0 Å². The van der Waals surface area contributed by atoms with Gasteiger partial charge in [-0.2, -0.15) is 0 Å². The second kappa shape index (κ2) is 3.57. The molecule has 0 aliphatic heterocycles. The lowest BCUT2D eigenvalue weighted by Crippen LogP contribution is -2.11. The summed E-state index contributed by atoms with van der Waals surface area (Å²) in [6, 6.07) is 1.93. The maximum atomic E-state index is 11.6. The minimum Gasteiger partial charge on any atom is -0.359 e. The lowest BCUT2D eigenvalue weighted by atomic mass is 10.00. The van der Waals surface area contributed by atoms with Gasteiger partial charge in [0.15, 0.2) is 5.78 Å². The third-order valence-electron chi connectivity index (χ3n) is 2.26. The minimum absolute atomic E-state index is 0.127. The van der Waals surface area contributed by atoms with Crippen LogP contribution < -0.4 is 0 Å². The van der Waals surface area contributed by atoms with Gasteiger partial charge in [-0.25, -0.2) is 0 Å². The van der Waals surface area contributed by atoms with Crippen molar-refractivity contribution in [1.82, 2.24) is 4.98 Å². The fourth-order valence-electron chi connectivity index (χ4n) is 1.14. The fourth-order valence-corrected chi connectivity index (χ4v) is 1.14. The van der Waals surface area contributed by atoms with Crippen molar-refractivity contribution in [1.29, 1.82) is 0 Å². The Morgan fingerprint density at radius 1 is 1.67 bits per heavy atom. The number of aryl methyl sites for hydroxylation is 1. The highest BCUT2D eigenvalue weighted by Gasteiger charge is 2.15. The van der Waals surface area contributed by atoms with Gasteiger partial charge in [0.1, 0.15) is 0 Å². The van der Waals surface area contributed by atoms with Crippen LogP contribution in [0.25, 0.3) is 0 Å². The summed E-state index contributed by atoms with van der Waals surface area (Å²) in [4.78, 5) is 14.6. The van der Waals surface area contributed by atoms with Crippen LogP contribution in [-0.4, -0.2) is 10.8 Å². The van der Waals surface area contributed by atoms with Gasteiger partial charge >= 0.3 is 0 Å². The molecule has 2 nitrogen and oxygen atoms in total. The van der Waals surface area contributed by atoms with Crippen molar-refractivity contribution in [2.45, 2.75) is 27.2 Å². The van der Waals surface area contributed by atoms with Crippen LogP contribution in [0, 0.1) is 12.8 Å². The van der Waals surface area contributed by atoms with Gasteiger partial charge in [-0.15, -0.1) is 0 Å². The van der Waals surface area contributed by atoms with Gasteiger partial charge in [-0.1, -0.05) is 13.8 Å². The van der Waals surface area contributed by atoms with E-state index >= 15 is 0 Å². The number of hydrogen-bond donors (Lipinski definition) is 1. The molecule has 2 heteroatoms. The minimum atomic E-state index is 0.127. The monoisotopic (exact) mass is 165 g/mol. The van der Waals surface area contributed by atoms with Crippen molar-refractivity contribution < 1.29 is 4.79 Å². The van der Waals surface area contributed by atoms with E-state index in [0.29, 0.717) is 0 Å². The van der Waals surface area contributed by atoms with Crippen molar-refractivity contribution in [3.63, 3.8) is 0 Å². The Morgan fingerprint density at radius 2 is 2.33 bits per heavy atom. The van der Waals surface area contributed by atoms with Crippen molar-refractivity contribution in [2.24, 2.45) is 5.92 Å². The second-order valence-corrected chi connectivity index (χ2v) is 3.21. The molecule has 0 radical (unpaired) electrons. The summed E-state index contributed by atoms with van der Waals surface area (Å²) in [5, 5.41) is 0. The van der Waals surface area contributed by atoms with Crippen molar-refractivity contribution >= 4 is 5.78 Å². The zero-order chi connectivity index (χ0) is 9.14. The Balaban J connectivity index is 2.85. The molecule has 1 aromatic heterocycles. The molecule has 0 amide bonds. The van der Waals surface area contributed by atoms with E-state index in [4.69, 9.17) is 0 Å². The van der Waals surface area contributed by atoms with Crippen LogP contribution in [0.2, 0.25) is 0 Å². The number of nitrogens with one attached hydrogen (secondary N) is 1. The number of ketones is 1. The van der Waals surface area contributed by atoms with E-state index in [1.165, 1.54) is 0 Å². The largest absolute Gasteiger partial charge is 0.359 e. The van der Waals surface area contributed by atoms with Crippen molar-refractivity contribution in [2.75, 3.05) is 0 Å². The van der Waals surface area contributed by atoms with Gasteiger partial charge in [-0.05, 0) is 25.0 Å². The predicted octanol–water partition coefficient (Wildman–Crippen LogP) is 2.55. The normalized spacial score (nSPS) is 12.9. The molecule has 0 aromatic carbocycles. The Kier molecular flexibility index (Phi) is 2.69. The van der Waals surface area contributed by atoms with Crippen LogP contribution in [0.4, 0.5) is 0 Å². The van der Waals surface area contributed by atoms with Gasteiger partial charge in [-0.3, -0.25) is 4.79 Å². The van der Waals surface area contributed by atoms with Crippen LogP contribution in [0.3, 0.4) is 0 Å². The standard InChI is InChI=1S/C10H15NO/c1-4-7(2)10(12)9-8(3)5-6-11-9/h5-7,11H,4H2,1-3H3. The highest BCUT2D eigenvalue weighted by atomic mass is 16.1. The maximum Gasteiger partial charge on any atom is 0.182 e. The maximum absolute atomic E-state index is 11.6. The van der Waals surface area contributed by atoms with E-state index in [0.717, 1.165) is 17.7 Å². The molecule has 1 unspecified atom stereocenters.